The molecule has 0 bridgehead atoms. The Morgan fingerprint density at radius 2 is 2.06 bits per heavy atom. The van der Waals surface area contributed by atoms with Gasteiger partial charge in [0.15, 0.2) is 0 Å². The number of halogens is 1. The van der Waals surface area contributed by atoms with Crippen LogP contribution in [-0.2, 0) is 16.0 Å². The molecule has 0 unspecified atom stereocenters. The SMILES string of the molecule is CCc1ccc(N2C[C@@H](C(=O)Cl)CC2=O)cc1. The van der Waals surface area contributed by atoms with Gasteiger partial charge in [-0.05, 0) is 35.7 Å². The molecule has 90 valence electrons. The summed E-state index contributed by atoms with van der Waals surface area (Å²) in [7, 11) is 0. The fraction of sp³-hybridized carbons (Fsp3) is 0.385. The largest absolute Gasteiger partial charge is 0.312 e. The van der Waals surface area contributed by atoms with Gasteiger partial charge in [0.1, 0.15) is 0 Å². The Hall–Kier alpha value is -1.35. The van der Waals surface area contributed by atoms with Crippen LogP contribution in [-0.4, -0.2) is 17.7 Å². The van der Waals surface area contributed by atoms with E-state index in [-0.39, 0.29) is 18.2 Å². The van der Waals surface area contributed by atoms with Gasteiger partial charge in [-0.25, -0.2) is 0 Å². The van der Waals surface area contributed by atoms with E-state index in [9.17, 15) is 9.59 Å². The van der Waals surface area contributed by atoms with E-state index in [1.165, 1.54) is 5.56 Å². The van der Waals surface area contributed by atoms with Gasteiger partial charge < -0.3 is 4.90 Å². The Balaban J connectivity index is 2.17. The highest BCUT2D eigenvalue weighted by atomic mass is 35.5. The fourth-order valence-electron chi connectivity index (χ4n) is 2.02. The molecule has 0 spiro atoms. The lowest BCUT2D eigenvalue weighted by Crippen LogP contribution is -2.25. The Morgan fingerprint density at radius 1 is 1.41 bits per heavy atom. The maximum atomic E-state index is 11.8. The molecule has 3 nitrogen and oxygen atoms in total. The van der Waals surface area contributed by atoms with Gasteiger partial charge in [0, 0.05) is 18.7 Å². The number of nitrogens with zero attached hydrogens (tertiary/aromatic N) is 1. The number of benzene rings is 1. The Kier molecular flexibility index (Phi) is 3.48. The summed E-state index contributed by atoms with van der Waals surface area (Å²) in [4.78, 5) is 24.4. The van der Waals surface area contributed by atoms with E-state index in [1.54, 1.807) is 4.90 Å². The lowest BCUT2D eigenvalue weighted by atomic mass is 10.1. The van der Waals surface area contributed by atoms with Gasteiger partial charge >= 0.3 is 0 Å². The molecule has 1 aromatic carbocycles. The summed E-state index contributed by atoms with van der Waals surface area (Å²) in [6, 6.07) is 7.83. The predicted molar refractivity (Wildman–Crippen MR) is 67.1 cm³/mol. The molecule has 2 rings (SSSR count). The Labute approximate surface area is 105 Å². The first-order chi connectivity index (χ1) is 8.11. The van der Waals surface area contributed by atoms with Gasteiger partial charge in [-0.15, -0.1) is 0 Å². The molecule has 1 fully saturated rings. The van der Waals surface area contributed by atoms with Crippen molar-refractivity contribution in [2.24, 2.45) is 5.92 Å². The number of hydrogen-bond donors (Lipinski definition) is 0. The molecule has 1 aliphatic heterocycles. The second kappa shape index (κ2) is 4.88. The second-order valence-corrected chi connectivity index (χ2v) is 4.60. The minimum absolute atomic E-state index is 0.0340. The molecule has 1 saturated heterocycles. The molecule has 17 heavy (non-hydrogen) atoms. The van der Waals surface area contributed by atoms with E-state index in [4.69, 9.17) is 11.6 Å². The van der Waals surface area contributed by atoms with Crippen LogP contribution in [0.5, 0.6) is 0 Å². The minimum Gasteiger partial charge on any atom is -0.312 e. The van der Waals surface area contributed by atoms with Gasteiger partial charge in [-0.1, -0.05) is 19.1 Å². The average molecular weight is 252 g/mol. The van der Waals surface area contributed by atoms with E-state index in [2.05, 4.69) is 6.92 Å². The van der Waals surface area contributed by atoms with Gasteiger partial charge in [0.25, 0.3) is 0 Å². The molecular formula is C13H14ClNO2. The lowest BCUT2D eigenvalue weighted by Gasteiger charge is -2.16. The van der Waals surface area contributed by atoms with Crippen LogP contribution in [0.1, 0.15) is 18.9 Å². The first-order valence-corrected chi connectivity index (χ1v) is 6.08. The number of carbonyl (C=O) groups is 2. The summed E-state index contributed by atoms with van der Waals surface area (Å²) >= 11 is 5.43. The van der Waals surface area contributed by atoms with Crippen molar-refractivity contribution in [3.63, 3.8) is 0 Å². The van der Waals surface area contributed by atoms with Crippen LogP contribution in [0.15, 0.2) is 24.3 Å². The molecule has 0 radical (unpaired) electrons. The highest BCUT2D eigenvalue weighted by Crippen LogP contribution is 2.26. The van der Waals surface area contributed by atoms with Crippen LogP contribution >= 0.6 is 11.6 Å². The summed E-state index contributed by atoms with van der Waals surface area (Å²) in [6.45, 7) is 2.48. The summed E-state index contributed by atoms with van der Waals surface area (Å²) in [6.07, 6.45) is 1.19. The number of anilines is 1. The zero-order chi connectivity index (χ0) is 12.4. The van der Waals surface area contributed by atoms with Crippen molar-refractivity contribution in [2.45, 2.75) is 19.8 Å². The molecule has 1 aromatic rings. The molecule has 1 heterocycles. The second-order valence-electron chi connectivity index (χ2n) is 4.23. The number of amides is 1. The molecule has 0 saturated carbocycles. The maximum absolute atomic E-state index is 11.8. The van der Waals surface area contributed by atoms with Crippen molar-refractivity contribution < 1.29 is 9.59 Å². The minimum atomic E-state index is -0.425. The maximum Gasteiger partial charge on any atom is 0.227 e. The Bertz CT molecular complexity index is 441. The van der Waals surface area contributed by atoms with Gasteiger partial charge in [0.05, 0.1) is 5.92 Å². The standard InChI is InChI=1S/C13H14ClNO2/c1-2-9-3-5-11(6-4-9)15-8-10(13(14)17)7-12(15)16/h3-6,10H,2,7-8H2,1H3/t10-/m0/s1. The predicted octanol–water partition coefficient (Wildman–Crippen LogP) is 2.37. The van der Waals surface area contributed by atoms with Crippen LogP contribution in [0.25, 0.3) is 0 Å². The summed E-state index contributed by atoms with van der Waals surface area (Å²) < 4.78 is 0. The van der Waals surface area contributed by atoms with E-state index in [0.717, 1.165) is 12.1 Å². The number of aryl methyl sites for hydroxylation is 1. The number of rotatable bonds is 3. The molecule has 0 aromatic heterocycles. The van der Waals surface area contributed by atoms with Crippen LogP contribution in [0.3, 0.4) is 0 Å². The van der Waals surface area contributed by atoms with Crippen molar-refractivity contribution >= 4 is 28.4 Å². The molecular weight excluding hydrogens is 238 g/mol. The highest BCUT2D eigenvalue weighted by Gasteiger charge is 2.34. The van der Waals surface area contributed by atoms with E-state index < -0.39 is 5.24 Å². The summed E-state index contributed by atoms with van der Waals surface area (Å²) in [5.41, 5.74) is 2.07. The highest BCUT2D eigenvalue weighted by molar-refractivity contribution is 6.64. The van der Waals surface area contributed by atoms with Crippen molar-refractivity contribution in [2.75, 3.05) is 11.4 Å². The average Bonchev–Trinajstić information content (AvgIpc) is 2.72. The van der Waals surface area contributed by atoms with Crippen LogP contribution < -0.4 is 4.90 Å². The topological polar surface area (TPSA) is 37.4 Å². The zero-order valence-electron chi connectivity index (χ0n) is 9.65. The van der Waals surface area contributed by atoms with Crippen LogP contribution in [0.2, 0.25) is 0 Å². The van der Waals surface area contributed by atoms with Gasteiger partial charge in [-0.3, -0.25) is 9.59 Å². The van der Waals surface area contributed by atoms with E-state index >= 15 is 0 Å². The molecule has 0 N–H and O–H groups in total. The smallest absolute Gasteiger partial charge is 0.227 e. The summed E-state index contributed by atoms with van der Waals surface area (Å²) in [5, 5.41) is -0.425. The first kappa shape index (κ1) is 12.1. The monoisotopic (exact) mass is 251 g/mol. The van der Waals surface area contributed by atoms with Crippen LogP contribution in [0, 0.1) is 5.92 Å². The van der Waals surface area contributed by atoms with E-state index in [1.807, 2.05) is 24.3 Å². The van der Waals surface area contributed by atoms with Crippen LogP contribution in [0.4, 0.5) is 5.69 Å². The van der Waals surface area contributed by atoms with Gasteiger partial charge in [0.2, 0.25) is 11.1 Å². The quantitative estimate of drug-likeness (QED) is 0.774. The molecule has 1 aliphatic rings. The van der Waals surface area contributed by atoms with Crippen molar-refractivity contribution in [1.29, 1.82) is 0 Å². The summed E-state index contributed by atoms with van der Waals surface area (Å²) in [5.74, 6) is -0.400. The van der Waals surface area contributed by atoms with Crippen molar-refractivity contribution in [3.05, 3.63) is 29.8 Å². The third-order valence-electron chi connectivity index (χ3n) is 3.10. The molecule has 1 atom stereocenters. The molecule has 0 aliphatic carbocycles. The number of hydrogen-bond acceptors (Lipinski definition) is 2. The Morgan fingerprint density at radius 3 is 2.53 bits per heavy atom. The fourth-order valence-corrected chi connectivity index (χ4v) is 2.17. The molecule has 4 heteroatoms. The lowest BCUT2D eigenvalue weighted by molar-refractivity contribution is -0.120. The third kappa shape index (κ3) is 2.50. The number of carbonyl (C=O) groups excluding carboxylic acids is 2. The van der Waals surface area contributed by atoms with Crippen molar-refractivity contribution in [1.82, 2.24) is 0 Å². The van der Waals surface area contributed by atoms with Crippen molar-refractivity contribution in [3.8, 4) is 0 Å². The van der Waals surface area contributed by atoms with E-state index in [0.29, 0.717) is 6.54 Å². The van der Waals surface area contributed by atoms with Gasteiger partial charge in [-0.2, -0.15) is 0 Å². The zero-order valence-corrected chi connectivity index (χ0v) is 10.4. The molecule has 1 amide bonds. The third-order valence-corrected chi connectivity index (χ3v) is 3.41. The normalized spacial score (nSPS) is 19.8. The first-order valence-electron chi connectivity index (χ1n) is 5.70.